The molecule has 9 nitrogen and oxygen atoms in total. The van der Waals surface area contributed by atoms with Gasteiger partial charge in [0.1, 0.15) is 5.82 Å². The molecule has 2 aromatic rings. The Bertz CT molecular complexity index is 963. The van der Waals surface area contributed by atoms with Gasteiger partial charge in [-0.1, -0.05) is 0 Å². The number of aliphatic hydroxyl groups excluding tert-OH is 1. The van der Waals surface area contributed by atoms with E-state index in [1.54, 1.807) is 0 Å². The highest BCUT2D eigenvalue weighted by Crippen LogP contribution is 2.28. The lowest BCUT2D eigenvalue weighted by molar-refractivity contribution is 0.102. The minimum atomic E-state index is -3.72. The van der Waals surface area contributed by atoms with Crippen LogP contribution in [-0.2, 0) is 10.0 Å². The molecule has 2 atom stereocenters. The van der Waals surface area contributed by atoms with Crippen LogP contribution in [0.2, 0.25) is 0 Å². The van der Waals surface area contributed by atoms with Gasteiger partial charge < -0.3 is 20.6 Å². The molecule has 0 radical (unpaired) electrons. The summed E-state index contributed by atoms with van der Waals surface area (Å²) in [6.07, 6.45) is 1.63. The fourth-order valence-corrected chi connectivity index (χ4v) is 4.35. The largest absolute Gasteiger partial charge is 0.504 e. The van der Waals surface area contributed by atoms with Crippen LogP contribution in [0.25, 0.3) is 0 Å². The summed E-state index contributed by atoms with van der Waals surface area (Å²) >= 11 is 0. The summed E-state index contributed by atoms with van der Waals surface area (Å²) in [6.45, 7) is 0. The Morgan fingerprint density at radius 3 is 2.56 bits per heavy atom. The number of aromatic nitrogens is 1. The summed E-state index contributed by atoms with van der Waals surface area (Å²) in [5, 5.41) is 30.1. The van der Waals surface area contributed by atoms with Crippen LogP contribution in [0.5, 0.6) is 11.5 Å². The number of anilines is 2. The monoisotopic (exact) mass is 393 g/mol. The molecule has 27 heavy (non-hydrogen) atoms. The van der Waals surface area contributed by atoms with Crippen molar-refractivity contribution >= 4 is 27.4 Å². The normalized spacial score (nSPS) is 19.6. The molecule has 10 heteroatoms. The summed E-state index contributed by atoms with van der Waals surface area (Å²) < 4.78 is 27.1. The lowest BCUT2D eigenvalue weighted by Gasteiger charge is -2.13. The topological polar surface area (TPSA) is 149 Å². The lowest BCUT2D eigenvalue weighted by atomic mass is 10.2. The number of aliphatic hydroxyl groups is 1. The molecule has 1 fully saturated rings. The number of hydrogen-bond acceptors (Lipinski definition) is 7. The van der Waals surface area contributed by atoms with Crippen molar-refractivity contribution in [2.75, 3.05) is 10.0 Å². The van der Waals surface area contributed by atoms with Crippen molar-refractivity contribution in [2.24, 2.45) is 0 Å². The minimum Gasteiger partial charge on any atom is -0.504 e. The molecule has 0 bridgehead atoms. The predicted molar refractivity (Wildman–Crippen MR) is 98.2 cm³/mol. The minimum absolute atomic E-state index is 0.00223. The van der Waals surface area contributed by atoms with Crippen molar-refractivity contribution in [1.29, 1.82) is 0 Å². The second kappa shape index (κ2) is 7.41. The van der Waals surface area contributed by atoms with Crippen LogP contribution in [0.1, 0.15) is 29.6 Å². The molecule has 0 saturated heterocycles. The number of amides is 1. The Balaban J connectivity index is 1.73. The van der Waals surface area contributed by atoms with Crippen molar-refractivity contribution in [3.8, 4) is 11.5 Å². The molecule has 1 heterocycles. The molecule has 1 aromatic carbocycles. The van der Waals surface area contributed by atoms with E-state index in [1.807, 2.05) is 0 Å². The first-order valence-electron chi connectivity index (χ1n) is 8.23. The van der Waals surface area contributed by atoms with Gasteiger partial charge in [-0.15, -0.1) is 0 Å². The predicted octanol–water partition coefficient (Wildman–Crippen LogP) is 1.40. The number of pyridine rings is 1. The summed E-state index contributed by atoms with van der Waals surface area (Å²) in [4.78, 5) is 16.3. The molecule has 0 aliphatic heterocycles. The van der Waals surface area contributed by atoms with Gasteiger partial charge in [-0.2, -0.15) is 0 Å². The van der Waals surface area contributed by atoms with Crippen LogP contribution in [0, 0.1) is 0 Å². The number of phenolic OH excluding ortho intramolecular Hbond substituents is 2. The van der Waals surface area contributed by atoms with E-state index >= 15 is 0 Å². The van der Waals surface area contributed by atoms with Gasteiger partial charge in [0.2, 0.25) is 10.0 Å². The van der Waals surface area contributed by atoms with Gasteiger partial charge in [0.05, 0.1) is 11.4 Å². The molecule has 1 aliphatic rings. The van der Waals surface area contributed by atoms with Crippen molar-refractivity contribution in [3.05, 3.63) is 42.1 Å². The first kappa shape index (κ1) is 18.9. The molecule has 1 aromatic heterocycles. The van der Waals surface area contributed by atoms with E-state index in [9.17, 15) is 28.5 Å². The maximum Gasteiger partial charge on any atom is 0.255 e. The Hall–Kier alpha value is -2.85. The summed E-state index contributed by atoms with van der Waals surface area (Å²) in [6, 6.07) is 6.52. The Kier molecular flexibility index (Phi) is 5.19. The van der Waals surface area contributed by atoms with Gasteiger partial charge in [0.25, 0.3) is 5.91 Å². The highest BCUT2D eigenvalue weighted by molar-refractivity contribution is 7.93. The molecule has 5 N–H and O–H groups in total. The third-order valence-electron chi connectivity index (χ3n) is 4.30. The fourth-order valence-electron chi connectivity index (χ4n) is 2.86. The van der Waals surface area contributed by atoms with E-state index in [4.69, 9.17) is 0 Å². The summed E-state index contributed by atoms with van der Waals surface area (Å²) in [5.74, 6) is -1.24. The average molecular weight is 393 g/mol. The van der Waals surface area contributed by atoms with Gasteiger partial charge in [-0.05, 0) is 43.5 Å². The van der Waals surface area contributed by atoms with E-state index in [0.717, 1.165) is 0 Å². The van der Waals surface area contributed by atoms with Gasteiger partial charge in [-0.25, -0.2) is 13.4 Å². The van der Waals surface area contributed by atoms with Gasteiger partial charge >= 0.3 is 0 Å². The van der Waals surface area contributed by atoms with Crippen LogP contribution in [0.4, 0.5) is 11.5 Å². The first-order valence-corrected chi connectivity index (χ1v) is 9.78. The third-order valence-corrected chi connectivity index (χ3v) is 6.10. The van der Waals surface area contributed by atoms with Crippen LogP contribution in [-0.4, -0.2) is 46.0 Å². The van der Waals surface area contributed by atoms with Crippen LogP contribution in [0.15, 0.2) is 36.5 Å². The number of phenols is 2. The molecule has 0 spiro atoms. The second-order valence-corrected chi connectivity index (χ2v) is 8.28. The van der Waals surface area contributed by atoms with E-state index < -0.39 is 27.3 Å². The maximum absolute atomic E-state index is 12.4. The number of nitrogens with zero attached hydrogens (tertiary/aromatic N) is 1. The fraction of sp³-hybridized carbons (Fsp3) is 0.294. The molecular weight excluding hydrogens is 374 g/mol. The summed E-state index contributed by atoms with van der Waals surface area (Å²) in [5.41, 5.74) is 0.413. The number of nitrogens with one attached hydrogen (secondary N) is 2. The van der Waals surface area contributed by atoms with Crippen LogP contribution in [0.3, 0.4) is 0 Å². The molecule has 1 amide bonds. The molecule has 3 rings (SSSR count). The number of benzene rings is 1. The zero-order valence-corrected chi connectivity index (χ0v) is 15.0. The summed E-state index contributed by atoms with van der Waals surface area (Å²) in [7, 11) is -3.72. The highest BCUT2D eigenvalue weighted by atomic mass is 32.2. The second-order valence-electron chi connectivity index (χ2n) is 6.32. The Morgan fingerprint density at radius 1 is 1.11 bits per heavy atom. The van der Waals surface area contributed by atoms with Crippen molar-refractivity contribution in [3.63, 3.8) is 0 Å². The molecule has 1 unspecified atom stereocenters. The van der Waals surface area contributed by atoms with E-state index in [0.29, 0.717) is 12.8 Å². The first-order chi connectivity index (χ1) is 12.7. The van der Waals surface area contributed by atoms with Crippen molar-refractivity contribution in [1.82, 2.24) is 4.98 Å². The third kappa shape index (κ3) is 4.47. The smallest absolute Gasteiger partial charge is 0.255 e. The standard InChI is InChI=1S/C17H19N3O6S/c21-12-2-3-13(9-12)27(25,26)20-16-7-10(5-6-18-16)17(24)19-11-1-4-14(22)15(23)8-11/h1,4-8,12-13,21-23H,2-3,9H2,(H,18,20)(H,19,24)/t12-,13?/m1/s1. The number of hydrogen-bond donors (Lipinski definition) is 5. The van der Waals surface area contributed by atoms with E-state index in [1.165, 1.54) is 36.5 Å². The zero-order chi connectivity index (χ0) is 19.6. The molecule has 144 valence electrons. The van der Waals surface area contributed by atoms with Gasteiger partial charge in [0.15, 0.2) is 11.5 Å². The van der Waals surface area contributed by atoms with Crippen molar-refractivity contribution < 1.29 is 28.5 Å². The molecule has 1 saturated carbocycles. The Morgan fingerprint density at radius 2 is 1.89 bits per heavy atom. The van der Waals surface area contributed by atoms with E-state index in [-0.39, 0.29) is 35.0 Å². The number of carbonyl (C=O) groups is 1. The molecular formula is C17H19N3O6S. The Labute approximate surface area is 155 Å². The maximum atomic E-state index is 12.4. The van der Waals surface area contributed by atoms with E-state index in [2.05, 4.69) is 15.0 Å². The lowest BCUT2D eigenvalue weighted by Crippen LogP contribution is -2.26. The number of sulfonamides is 1. The van der Waals surface area contributed by atoms with Gasteiger partial charge in [0, 0.05) is 23.5 Å². The van der Waals surface area contributed by atoms with Gasteiger partial charge in [-0.3, -0.25) is 9.52 Å². The van der Waals surface area contributed by atoms with Crippen LogP contribution < -0.4 is 10.0 Å². The quantitative estimate of drug-likeness (QED) is 0.381. The van der Waals surface area contributed by atoms with Crippen molar-refractivity contribution in [2.45, 2.75) is 30.6 Å². The highest BCUT2D eigenvalue weighted by Gasteiger charge is 2.33. The number of rotatable bonds is 5. The zero-order valence-electron chi connectivity index (χ0n) is 14.2. The number of carbonyl (C=O) groups excluding carboxylic acids is 1. The molecule has 1 aliphatic carbocycles. The average Bonchev–Trinajstić information content (AvgIpc) is 3.05. The SMILES string of the molecule is O=C(Nc1ccc(O)c(O)c1)c1ccnc(NS(=O)(=O)C2CC[C@@H](O)C2)c1. The number of aromatic hydroxyl groups is 2. The van der Waals surface area contributed by atoms with Crippen LogP contribution >= 0.6 is 0 Å².